The van der Waals surface area contributed by atoms with Crippen molar-refractivity contribution in [2.24, 2.45) is 11.7 Å². The van der Waals surface area contributed by atoms with Gasteiger partial charge in [0.15, 0.2) is 0 Å². The molecule has 2 fully saturated rings. The number of likely N-dealkylation sites (tertiary alicyclic amines) is 2. The standard InChI is InChI=1S/C22H33N3O.2ClH/c1-17-5-3-6-18(2)21(17)9-8-19-10-13-25(14-11-19)22(26)16-24-12-4-7-20(23)15-24;;/h3,5-6,8-9,19-20H,4,7,10-16,23H2,1-2H3;2*1H/t20-;;/m0../s1. The fraction of sp³-hybridized carbons (Fsp3) is 0.591. The Labute approximate surface area is 182 Å². The average molecular weight is 428 g/mol. The number of piperidine rings is 2. The molecule has 0 radical (unpaired) electrons. The van der Waals surface area contributed by atoms with E-state index in [0.717, 1.165) is 51.9 Å². The summed E-state index contributed by atoms with van der Waals surface area (Å²) in [6.45, 7) is 8.49. The van der Waals surface area contributed by atoms with E-state index < -0.39 is 0 Å². The lowest BCUT2D eigenvalue weighted by atomic mass is 9.94. The molecule has 1 aromatic carbocycles. The van der Waals surface area contributed by atoms with Crippen molar-refractivity contribution in [3.63, 3.8) is 0 Å². The Hall–Kier alpha value is -1.07. The fourth-order valence-electron chi connectivity index (χ4n) is 4.19. The Morgan fingerprint density at radius 1 is 1.11 bits per heavy atom. The minimum Gasteiger partial charge on any atom is -0.342 e. The first kappa shape index (κ1) is 25.0. The van der Waals surface area contributed by atoms with Crippen molar-refractivity contribution in [2.75, 3.05) is 32.7 Å². The zero-order valence-electron chi connectivity index (χ0n) is 17.1. The summed E-state index contributed by atoms with van der Waals surface area (Å²) in [5.41, 5.74) is 10.0. The number of carbonyl (C=O) groups is 1. The molecule has 2 saturated heterocycles. The molecule has 1 atom stereocenters. The van der Waals surface area contributed by atoms with Crippen LogP contribution in [0.15, 0.2) is 24.3 Å². The van der Waals surface area contributed by atoms with Gasteiger partial charge in [-0.25, -0.2) is 0 Å². The van der Waals surface area contributed by atoms with E-state index in [0.29, 0.717) is 12.5 Å². The van der Waals surface area contributed by atoms with E-state index in [9.17, 15) is 4.79 Å². The maximum absolute atomic E-state index is 12.6. The van der Waals surface area contributed by atoms with Crippen molar-refractivity contribution < 1.29 is 4.79 Å². The molecule has 1 amide bonds. The SMILES string of the molecule is Cc1cccc(C)c1C=CC1CCN(C(=O)CN2CCC[C@H](N)C2)CC1.Cl.Cl. The van der Waals surface area contributed by atoms with Gasteiger partial charge < -0.3 is 10.6 Å². The van der Waals surface area contributed by atoms with Crippen molar-refractivity contribution in [2.45, 2.75) is 45.6 Å². The van der Waals surface area contributed by atoms with E-state index in [-0.39, 0.29) is 36.8 Å². The summed E-state index contributed by atoms with van der Waals surface area (Å²) in [5.74, 6) is 0.845. The van der Waals surface area contributed by atoms with Crippen LogP contribution in [0.25, 0.3) is 6.08 Å². The monoisotopic (exact) mass is 427 g/mol. The maximum Gasteiger partial charge on any atom is 0.236 e. The van der Waals surface area contributed by atoms with Crippen LogP contribution >= 0.6 is 24.8 Å². The predicted octanol–water partition coefficient (Wildman–Crippen LogP) is 3.82. The number of aryl methyl sites for hydroxylation is 2. The third-order valence-corrected chi connectivity index (χ3v) is 5.87. The Bertz CT molecular complexity index is 637. The maximum atomic E-state index is 12.6. The van der Waals surface area contributed by atoms with E-state index in [1.54, 1.807) is 0 Å². The molecule has 6 heteroatoms. The van der Waals surface area contributed by atoms with Crippen molar-refractivity contribution in [1.82, 2.24) is 9.80 Å². The van der Waals surface area contributed by atoms with Gasteiger partial charge in [-0.3, -0.25) is 9.69 Å². The van der Waals surface area contributed by atoms with Gasteiger partial charge in [-0.05, 0) is 68.7 Å². The minimum atomic E-state index is 0. The topological polar surface area (TPSA) is 49.6 Å². The summed E-state index contributed by atoms with van der Waals surface area (Å²) < 4.78 is 0. The number of amides is 1. The highest BCUT2D eigenvalue weighted by atomic mass is 35.5. The number of benzene rings is 1. The lowest BCUT2D eigenvalue weighted by Gasteiger charge is -2.35. The van der Waals surface area contributed by atoms with Gasteiger partial charge in [-0.2, -0.15) is 0 Å². The first-order valence-corrected chi connectivity index (χ1v) is 10.0. The number of nitrogens with two attached hydrogens (primary N) is 1. The molecule has 0 unspecified atom stereocenters. The molecule has 2 N–H and O–H groups in total. The number of hydrogen-bond acceptors (Lipinski definition) is 3. The summed E-state index contributed by atoms with van der Waals surface area (Å²) in [4.78, 5) is 16.8. The van der Waals surface area contributed by atoms with Gasteiger partial charge in [0.05, 0.1) is 6.54 Å². The third kappa shape index (κ3) is 6.77. The fourth-order valence-corrected chi connectivity index (χ4v) is 4.19. The van der Waals surface area contributed by atoms with Gasteiger partial charge in [-0.15, -0.1) is 24.8 Å². The van der Waals surface area contributed by atoms with Crippen molar-refractivity contribution >= 4 is 36.8 Å². The van der Waals surface area contributed by atoms with Gasteiger partial charge in [0.2, 0.25) is 5.91 Å². The Balaban J connectivity index is 0.00000196. The molecule has 0 aliphatic carbocycles. The first-order valence-electron chi connectivity index (χ1n) is 10.0. The molecule has 2 aliphatic rings. The first-order chi connectivity index (χ1) is 12.5. The Kier molecular flexibility index (Phi) is 10.5. The normalized spacial score (nSPS) is 21.2. The lowest BCUT2D eigenvalue weighted by Crippen LogP contribution is -2.49. The summed E-state index contributed by atoms with van der Waals surface area (Å²) in [5, 5.41) is 0. The van der Waals surface area contributed by atoms with E-state index in [2.05, 4.69) is 49.1 Å². The molecule has 0 aromatic heterocycles. The van der Waals surface area contributed by atoms with Crippen LogP contribution in [-0.4, -0.2) is 54.5 Å². The Morgan fingerprint density at radius 2 is 1.75 bits per heavy atom. The zero-order chi connectivity index (χ0) is 18.5. The van der Waals surface area contributed by atoms with E-state index in [4.69, 9.17) is 5.73 Å². The van der Waals surface area contributed by atoms with Crippen LogP contribution in [0.5, 0.6) is 0 Å². The quantitative estimate of drug-likeness (QED) is 0.793. The van der Waals surface area contributed by atoms with Crippen LogP contribution in [0.1, 0.15) is 42.4 Å². The highest BCUT2D eigenvalue weighted by Gasteiger charge is 2.25. The lowest BCUT2D eigenvalue weighted by molar-refractivity contribution is -0.133. The summed E-state index contributed by atoms with van der Waals surface area (Å²) in [7, 11) is 0. The summed E-state index contributed by atoms with van der Waals surface area (Å²) in [6.07, 6.45) is 8.95. The van der Waals surface area contributed by atoms with Gasteiger partial charge in [0, 0.05) is 25.7 Å². The second-order valence-corrected chi connectivity index (χ2v) is 8.02. The molecule has 0 bridgehead atoms. The molecular formula is C22H35Cl2N3O. The molecule has 0 saturated carbocycles. The number of halogens is 2. The molecule has 4 nitrogen and oxygen atoms in total. The van der Waals surface area contributed by atoms with E-state index in [1.807, 2.05) is 4.90 Å². The molecule has 1 aromatic rings. The smallest absolute Gasteiger partial charge is 0.236 e. The van der Waals surface area contributed by atoms with Crippen molar-refractivity contribution in [1.29, 1.82) is 0 Å². The number of carbonyl (C=O) groups excluding carboxylic acids is 1. The molecule has 2 aliphatic heterocycles. The molecule has 2 heterocycles. The highest BCUT2D eigenvalue weighted by molar-refractivity contribution is 5.85. The van der Waals surface area contributed by atoms with Gasteiger partial charge in [-0.1, -0.05) is 30.4 Å². The van der Waals surface area contributed by atoms with Crippen molar-refractivity contribution in [3.8, 4) is 0 Å². The molecule has 0 spiro atoms. The van der Waals surface area contributed by atoms with Crippen LogP contribution in [0.4, 0.5) is 0 Å². The summed E-state index contributed by atoms with van der Waals surface area (Å²) >= 11 is 0. The highest BCUT2D eigenvalue weighted by Crippen LogP contribution is 2.22. The van der Waals surface area contributed by atoms with Crippen LogP contribution < -0.4 is 5.73 Å². The van der Waals surface area contributed by atoms with Crippen LogP contribution in [-0.2, 0) is 4.79 Å². The number of rotatable bonds is 4. The van der Waals surface area contributed by atoms with Gasteiger partial charge in [0.1, 0.15) is 0 Å². The Morgan fingerprint density at radius 3 is 2.36 bits per heavy atom. The second-order valence-electron chi connectivity index (χ2n) is 8.02. The summed E-state index contributed by atoms with van der Waals surface area (Å²) in [6, 6.07) is 6.68. The van der Waals surface area contributed by atoms with E-state index >= 15 is 0 Å². The number of nitrogens with zero attached hydrogens (tertiary/aromatic N) is 2. The largest absolute Gasteiger partial charge is 0.342 e. The van der Waals surface area contributed by atoms with Crippen LogP contribution in [0, 0.1) is 19.8 Å². The van der Waals surface area contributed by atoms with Crippen LogP contribution in [0.3, 0.4) is 0 Å². The second kappa shape index (κ2) is 11.8. The van der Waals surface area contributed by atoms with Crippen molar-refractivity contribution in [3.05, 3.63) is 41.0 Å². The van der Waals surface area contributed by atoms with E-state index in [1.165, 1.54) is 16.7 Å². The predicted molar refractivity (Wildman–Crippen MR) is 122 cm³/mol. The average Bonchev–Trinajstić information content (AvgIpc) is 2.62. The molecule has 28 heavy (non-hydrogen) atoms. The van der Waals surface area contributed by atoms with Gasteiger partial charge >= 0.3 is 0 Å². The third-order valence-electron chi connectivity index (χ3n) is 5.87. The van der Waals surface area contributed by atoms with Gasteiger partial charge in [0.25, 0.3) is 0 Å². The zero-order valence-corrected chi connectivity index (χ0v) is 18.7. The van der Waals surface area contributed by atoms with Crippen LogP contribution in [0.2, 0.25) is 0 Å². The molecule has 158 valence electrons. The molecule has 3 rings (SSSR count). The number of allylic oxidation sites excluding steroid dienone is 1. The number of hydrogen-bond donors (Lipinski definition) is 1. The molecular weight excluding hydrogens is 393 g/mol. The minimum absolute atomic E-state index is 0.